The highest BCUT2D eigenvalue weighted by Gasteiger charge is 2.11. The first-order valence-corrected chi connectivity index (χ1v) is 3.94. The maximum atomic E-state index is 13.0. The zero-order valence-corrected chi connectivity index (χ0v) is 6.86. The van der Waals surface area contributed by atoms with Gasteiger partial charge >= 0.3 is 0 Å². The Balaban J connectivity index is 2.49. The number of fused-ring (bicyclic) bond motifs is 1. The molecule has 0 amide bonds. The Kier molecular flexibility index (Phi) is 1.68. The zero-order valence-electron chi connectivity index (χ0n) is 6.86. The lowest BCUT2D eigenvalue weighted by molar-refractivity contribution is 0.321. The zero-order chi connectivity index (χ0) is 8.55. The summed E-state index contributed by atoms with van der Waals surface area (Å²) in [5.41, 5.74) is 1.53. The molecule has 1 aliphatic heterocycles. The number of halogens is 1. The summed E-state index contributed by atoms with van der Waals surface area (Å²) >= 11 is 0. The minimum atomic E-state index is -0.211. The lowest BCUT2D eigenvalue weighted by Crippen LogP contribution is -2.21. The standard InChI is InChI=1S/C8H9BFNO/c9-5-3-7-8(4-6(5)10)12-2-1-11-7/h3-4,11H,1-2,9H2. The summed E-state index contributed by atoms with van der Waals surface area (Å²) in [5.74, 6) is 0.404. The van der Waals surface area contributed by atoms with E-state index >= 15 is 0 Å². The first-order chi connectivity index (χ1) is 5.77. The van der Waals surface area contributed by atoms with Gasteiger partial charge in [-0.1, -0.05) is 5.46 Å². The van der Waals surface area contributed by atoms with Crippen molar-refractivity contribution in [1.29, 1.82) is 0 Å². The van der Waals surface area contributed by atoms with Crippen LogP contribution in [-0.2, 0) is 0 Å². The van der Waals surface area contributed by atoms with Crippen molar-refractivity contribution in [1.82, 2.24) is 0 Å². The van der Waals surface area contributed by atoms with Gasteiger partial charge in [0.15, 0.2) is 0 Å². The van der Waals surface area contributed by atoms with Crippen LogP contribution in [0, 0.1) is 5.82 Å². The molecule has 0 radical (unpaired) electrons. The number of ether oxygens (including phenoxy) is 1. The summed E-state index contributed by atoms with van der Waals surface area (Å²) in [7, 11) is 1.74. The molecule has 0 saturated carbocycles. The average Bonchev–Trinajstić information content (AvgIpc) is 2.07. The van der Waals surface area contributed by atoms with Gasteiger partial charge in [0, 0.05) is 12.6 Å². The predicted molar refractivity (Wildman–Crippen MR) is 48.6 cm³/mol. The van der Waals surface area contributed by atoms with Gasteiger partial charge in [0.1, 0.15) is 26.0 Å². The van der Waals surface area contributed by atoms with E-state index in [1.807, 2.05) is 0 Å². The van der Waals surface area contributed by atoms with Crippen molar-refractivity contribution in [2.75, 3.05) is 18.5 Å². The molecule has 0 saturated heterocycles. The van der Waals surface area contributed by atoms with Gasteiger partial charge < -0.3 is 10.1 Å². The van der Waals surface area contributed by atoms with Crippen LogP contribution in [-0.4, -0.2) is 21.0 Å². The average molecular weight is 165 g/mol. The molecule has 2 rings (SSSR count). The quantitative estimate of drug-likeness (QED) is 0.541. The van der Waals surface area contributed by atoms with E-state index in [4.69, 9.17) is 4.74 Å². The molecule has 1 aromatic carbocycles. The molecule has 1 heterocycles. The van der Waals surface area contributed by atoms with Crippen LogP contribution in [0.1, 0.15) is 0 Å². The third kappa shape index (κ3) is 1.13. The Morgan fingerprint density at radius 1 is 1.50 bits per heavy atom. The van der Waals surface area contributed by atoms with Crippen LogP contribution in [0.2, 0.25) is 0 Å². The summed E-state index contributed by atoms with van der Waals surface area (Å²) < 4.78 is 18.3. The van der Waals surface area contributed by atoms with E-state index in [0.717, 1.165) is 12.2 Å². The Hall–Kier alpha value is -1.19. The van der Waals surface area contributed by atoms with Gasteiger partial charge in [0.05, 0.1) is 5.69 Å². The molecular formula is C8H9BFNO. The van der Waals surface area contributed by atoms with Crippen molar-refractivity contribution in [2.45, 2.75) is 0 Å². The number of hydrogen-bond donors (Lipinski definition) is 1. The first kappa shape index (κ1) is 7.46. The minimum absolute atomic E-state index is 0.211. The maximum absolute atomic E-state index is 13.0. The van der Waals surface area contributed by atoms with Crippen LogP contribution in [0.4, 0.5) is 10.1 Å². The smallest absolute Gasteiger partial charge is 0.145 e. The second kappa shape index (κ2) is 2.70. The van der Waals surface area contributed by atoms with E-state index in [9.17, 15) is 4.39 Å². The molecule has 0 spiro atoms. The summed E-state index contributed by atoms with van der Waals surface area (Å²) in [4.78, 5) is 0. The molecule has 0 atom stereocenters. The highest BCUT2D eigenvalue weighted by molar-refractivity contribution is 6.32. The molecule has 4 heteroatoms. The molecule has 1 aliphatic rings. The Bertz CT molecular complexity index is 285. The monoisotopic (exact) mass is 165 g/mol. The molecule has 12 heavy (non-hydrogen) atoms. The topological polar surface area (TPSA) is 21.3 Å². The third-order valence-corrected chi connectivity index (χ3v) is 1.94. The highest BCUT2D eigenvalue weighted by atomic mass is 19.1. The van der Waals surface area contributed by atoms with E-state index in [1.54, 1.807) is 13.9 Å². The van der Waals surface area contributed by atoms with Gasteiger partial charge in [-0.05, 0) is 6.07 Å². The molecule has 62 valence electrons. The number of nitrogens with one attached hydrogen (secondary N) is 1. The maximum Gasteiger partial charge on any atom is 0.145 e. The van der Waals surface area contributed by atoms with Gasteiger partial charge in [-0.3, -0.25) is 0 Å². The van der Waals surface area contributed by atoms with Crippen molar-refractivity contribution < 1.29 is 9.13 Å². The molecular weight excluding hydrogens is 156 g/mol. The van der Waals surface area contributed by atoms with Gasteiger partial charge in [0.25, 0.3) is 0 Å². The number of anilines is 1. The molecule has 0 fully saturated rings. The van der Waals surface area contributed by atoms with Crippen molar-refractivity contribution >= 4 is 19.0 Å². The van der Waals surface area contributed by atoms with Crippen LogP contribution >= 0.6 is 0 Å². The normalized spacial score (nSPS) is 14.4. The van der Waals surface area contributed by atoms with Crippen LogP contribution in [0.25, 0.3) is 0 Å². The number of benzene rings is 1. The van der Waals surface area contributed by atoms with E-state index in [-0.39, 0.29) is 5.82 Å². The lowest BCUT2D eigenvalue weighted by atomic mass is 9.94. The highest BCUT2D eigenvalue weighted by Crippen LogP contribution is 2.26. The van der Waals surface area contributed by atoms with Crippen LogP contribution < -0.4 is 15.5 Å². The van der Waals surface area contributed by atoms with Crippen molar-refractivity contribution in [3.05, 3.63) is 17.9 Å². The molecule has 0 bridgehead atoms. The molecule has 1 aromatic rings. The Morgan fingerprint density at radius 2 is 2.33 bits per heavy atom. The van der Waals surface area contributed by atoms with Crippen LogP contribution in [0.5, 0.6) is 5.75 Å². The number of rotatable bonds is 0. The van der Waals surface area contributed by atoms with Crippen molar-refractivity contribution in [3.8, 4) is 5.75 Å². The molecule has 1 N–H and O–H groups in total. The summed E-state index contributed by atoms with van der Waals surface area (Å²) in [6, 6.07) is 3.20. The van der Waals surface area contributed by atoms with Crippen LogP contribution in [0.15, 0.2) is 12.1 Å². The summed E-state index contributed by atoms with van der Waals surface area (Å²) in [6.45, 7) is 1.40. The van der Waals surface area contributed by atoms with Gasteiger partial charge in [-0.2, -0.15) is 0 Å². The molecule has 0 unspecified atom stereocenters. The molecule has 2 nitrogen and oxygen atoms in total. The summed E-state index contributed by atoms with van der Waals surface area (Å²) in [6.07, 6.45) is 0. The fourth-order valence-corrected chi connectivity index (χ4v) is 1.27. The van der Waals surface area contributed by atoms with E-state index in [1.165, 1.54) is 6.07 Å². The van der Waals surface area contributed by atoms with Gasteiger partial charge in [-0.15, -0.1) is 0 Å². The first-order valence-electron chi connectivity index (χ1n) is 3.94. The second-order valence-corrected chi connectivity index (χ2v) is 2.87. The fourth-order valence-electron chi connectivity index (χ4n) is 1.27. The largest absolute Gasteiger partial charge is 0.489 e. The minimum Gasteiger partial charge on any atom is -0.489 e. The van der Waals surface area contributed by atoms with E-state index < -0.39 is 0 Å². The second-order valence-electron chi connectivity index (χ2n) is 2.87. The van der Waals surface area contributed by atoms with E-state index in [0.29, 0.717) is 17.8 Å². The predicted octanol–water partition coefficient (Wildman–Crippen LogP) is -0.112. The van der Waals surface area contributed by atoms with E-state index in [2.05, 4.69) is 5.32 Å². The SMILES string of the molecule is Bc1cc2c(cc1F)OCCN2. The molecule has 0 aliphatic carbocycles. The van der Waals surface area contributed by atoms with Gasteiger partial charge in [0.2, 0.25) is 0 Å². The Morgan fingerprint density at radius 3 is 3.17 bits per heavy atom. The van der Waals surface area contributed by atoms with Crippen molar-refractivity contribution in [3.63, 3.8) is 0 Å². The fraction of sp³-hybridized carbons (Fsp3) is 0.250. The number of hydrogen-bond acceptors (Lipinski definition) is 2. The van der Waals surface area contributed by atoms with Gasteiger partial charge in [-0.25, -0.2) is 4.39 Å². The third-order valence-electron chi connectivity index (χ3n) is 1.94. The Labute approximate surface area is 71.1 Å². The van der Waals surface area contributed by atoms with Crippen molar-refractivity contribution in [2.24, 2.45) is 0 Å². The van der Waals surface area contributed by atoms with Crippen LogP contribution in [0.3, 0.4) is 0 Å². The summed E-state index contributed by atoms with van der Waals surface area (Å²) in [5, 5.41) is 3.14. The lowest BCUT2D eigenvalue weighted by Gasteiger charge is -2.19. The molecule has 0 aromatic heterocycles.